The van der Waals surface area contributed by atoms with Crippen molar-refractivity contribution in [3.63, 3.8) is 0 Å². The Morgan fingerprint density at radius 1 is 1.59 bits per heavy atom. The van der Waals surface area contributed by atoms with Gasteiger partial charge < -0.3 is 10.6 Å². The molecule has 0 radical (unpaired) electrons. The summed E-state index contributed by atoms with van der Waals surface area (Å²) >= 11 is 1.95. The summed E-state index contributed by atoms with van der Waals surface area (Å²) in [6.07, 6.45) is 4.08. The maximum absolute atomic E-state index is 11.8. The van der Waals surface area contributed by atoms with E-state index in [1.165, 1.54) is 18.6 Å². The normalized spacial score (nSPS) is 19.0. The Morgan fingerprint density at radius 3 is 3.06 bits per heavy atom. The summed E-state index contributed by atoms with van der Waals surface area (Å²) in [5.41, 5.74) is 0.618. The first-order valence-electron chi connectivity index (χ1n) is 5.83. The molecule has 1 aliphatic heterocycles. The molecule has 2 N–H and O–H groups in total. The van der Waals surface area contributed by atoms with Crippen LogP contribution in [-0.4, -0.2) is 35.5 Å². The summed E-state index contributed by atoms with van der Waals surface area (Å²) in [4.78, 5) is 15.9. The van der Waals surface area contributed by atoms with E-state index in [-0.39, 0.29) is 5.91 Å². The van der Waals surface area contributed by atoms with Gasteiger partial charge in [0.2, 0.25) is 0 Å². The van der Waals surface area contributed by atoms with Crippen LogP contribution in [0.1, 0.15) is 23.2 Å². The second kappa shape index (κ2) is 5.91. The van der Waals surface area contributed by atoms with Gasteiger partial charge in [-0.3, -0.25) is 4.79 Å². The monoisotopic (exact) mass is 251 g/mol. The minimum absolute atomic E-state index is 0.0346. The number of thioether (sulfide) groups is 1. The van der Waals surface area contributed by atoms with E-state index in [1.54, 1.807) is 25.4 Å². The minimum Gasteiger partial charge on any atom is -0.373 e. The van der Waals surface area contributed by atoms with Crippen molar-refractivity contribution in [2.45, 2.75) is 18.1 Å². The molecule has 0 aliphatic carbocycles. The highest BCUT2D eigenvalue weighted by Gasteiger charge is 2.16. The number of aromatic nitrogens is 1. The Balaban J connectivity index is 1.85. The molecule has 1 fully saturated rings. The van der Waals surface area contributed by atoms with E-state index < -0.39 is 0 Å². The number of hydrogen-bond acceptors (Lipinski definition) is 4. The molecule has 1 aromatic heterocycles. The van der Waals surface area contributed by atoms with Crippen LogP contribution in [0, 0.1) is 0 Å². The molecular weight excluding hydrogens is 234 g/mol. The van der Waals surface area contributed by atoms with Crippen molar-refractivity contribution < 1.29 is 4.79 Å². The van der Waals surface area contributed by atoms with Gasteiger partial charge in [-0.1, -0.05) is 0 Å². The molecule has 1 unspecified atom stereocenters. The average molecular weight is 251 g/mol. The van der Waals surface area contributed by atoms with Crippen LogP contribution in [0.5, 0.6) is 0 Å². The first-order valence-corrected chi connectivity index (χ1v) is 6.88. The smallest absolute Gasteiger partial charge is 0.252 e. The Bertz CT molecular complexity index is 374. The summed E-state index contributed by atoms with van der Waals surface area (Å²) in [7, 11) is 1.80. The van der Waals surface area contributed by atoms with E-state index in [9.17, 15) is 4.79 Å². The van der Waals surface area contributed by atoms with Crippen LogP contribution >= 0.6 is 11.8 Å². The molecular formula is C12H17N3OS. The van der Waals surface area contributed by atoms with E-state index in [4.69, 9.17) is 0 Å². The summed E-state index contributed by atoms with van der Waals surface area (Å²) in [6.45, 7) is 0.761. The summed E-state index contributed by atoms with van der Waals surface area (Å²) in [5, 5.41) is 6.47. The fourth-order valence-corrected chi connectivity index (χ4v) is 2.99. The zero-order valence-corrected chi connectivity index (χ0v) is 10.7. The van der Waals surface area contributed by atoms with Gasteiger partial charge in [0.05, 0.1) is 5.56 Å². The molecule has 1 amide bonds. The Labute approximate surface area is 106 Å². The van der Waals surface area contributed by atoms with Crippen LogP contribution in [0.15, 0.2) is 18.3 Å². The lowest BCUT2D eigenvalue weighted by atomic mass is 10.2. The fourth-order valence-electron chi connectivity index (χ4n) is 1.79. The molecule has 17 heavy (non-hydrogen) atoms. The molecule has 0 bridgehead atoms. The lowest BCUT2D eigenvalue weighted by Gasteiger charge is -2.10. The van der Waals surface area contributed by atoms with Gasteiger partial charge in [-0.15, -0.1) is 0 Å². The molecule has 0 spiro atoms. The van der Waals surface area contributed by atoms with Gasteiger partial charge in [0.25, 0.3) is 5.91 Å². The van der Waals surface area contributed by atoms with Gasteiger partial charge in [-0.25, -0.2) is 4.98 Å². The topological polar surface area (TPSA) is 54.0 Å². The minimum atomic E-state index is -0.0346. The fraction of sp³-hybridized carbons (Fsp3) is 0.500. The third-order valence-electron chi connectivity index (χ3n) is 2.80. The molecule has 2 heterocycles. The third-order valence-corrected chi connectivity index (χ3v) is 4.19. The lowest BCUT2D eigenvalue weighted by Crippen LogP contribution is -2.29. The summed E-state index contributed by atoms with van der Waals surface area (Å²) < 4.78 is 0. The largest absolute Gasteiger partial charge is 0.373 e. The second-order valence-corrected chi connectivity index (χ2v) is 5.44. The number of rotatable bonds is 4. The number of amides is 1. The molecule has 4 nitrogen and oxygen atoms in total. The van der Waals surface area contributed by atoms with Crippen LogP contribution in [0.4, 0.5) is 5.82 Å². The standard InChI is InChI=1S/C12H17N3OS/c1-13-11-5-4-9(7-14-11)12(16)15-8-10-3-2-6-17-10/h4-5,7,10H,2-3,6,8H2,1H3,(H,13,14)(H,15,16). The van der Waals surface area contributed by atoms with Crippen LogP contribution in [0.2, 0.25) is 0 Å². The molecule has 92 valence electrons. The third kappa shape index (κ3) is 3.36. The second-order valence-electron chi connectivity index (χ2n) is 4.03. The van der Waals surface area contributed by atoms with Crippen LogP contribution < -0.4 is 10.6 Å². The molecule has 2 rings (SSSR count). The van der Waals surface area contributed by atoms with E-state index in [1.807, 2.05) is 11.8 Å². The number of nitrogens with zero attached hydrogens (tertiary/aromatic N) is 1. The number of hydrogen-bond donors (Lipinski definition) is 2. The average Bonchev–Trinajstić information content (AvgIpc) is 2.89. The Kier molecular flexibility index (Phi) is 4.25. The summed E-state index contributed by atoms with van der Waals surface area (Å²) in [6, 6.07) is 3.59. The van der Waals surface area contributed by atoms with Crippen molar-refractivity contribution in [3.05, 3.63) is 23.9 Å². The van der Waals surface area contributed by atoms with Crippen LogP contribution in [0.25, 0.3) is 0 Å². The molecule has 0 saturated carbocycles. The molecule has 5 heteroatoms. The van der Waals surface area contributed by atoms with Gasteiger partial charge in [0.15, 0.2) is 0 Å². The van der Waals surface area contributed by atoms with Gasteiger partial charge in [-0.05, 0) is 30.7 Å². The van der Waals surface area contributed by atoms with E-state index in [2.05, 4.69) is 15.6 Å². The predicted molar refractivity (Wildman–Crippen MR) is 71.6 cm³/mol. The molecule has 1 aliphatic rings. The maximum Gasteiger partial charge on any atom is 0.252 e. The summed E-state index contributed by atoms with van der Waals surface area (Å²) in [5.74, 6) is 1.96. The van der Waals surface area contributed by atoms with Crippen LogP contribution in [-0.2, 0) is 0 Å². The van der Waals surface area contributed by atoms with Gasteiger partial charge in [0, 0.05) is 25.0 Å². The van der Waals surface area contributed by atoms with Crippen LogP contribution in [0.3, 0.4) is 0 Å². The first-order chi connectivity index (χ1) is 8.29. The number of anilines is 1. The van der Waals surface area contributed by atoms with E-state index >= 15 is 0 Å². The highest BCUT2D eigenvalue weighted by Crippen LogP contribution is 2.25. The zero-order valence-electron chi connectivity index (χ0n) is 9.90. The quantitative estimate of drug-likeness (QED) is 0.856. The first kappa shape index (κ1) is 12.2. The van der Waals surface area contributed by atoms with Crippen molar-refractivity contribution in [2.24, 2.45) is 0 Å². The van der Waals surface area contributed by atoms with E-state index in [0.29, 0.717) is 10.8 Å². The number of carbonyl (C=O) groups is 1. The van der Waals surface area contributed by atoms with Crippen molar-refractivity contribution >= 4 is 23.5 Å². The Morgan fingerprint density at radius 2 is 2.47 bits per heavy atom. The number of carbonyl (C=O) groups excluding carboxylic acids is 1. The zero-order chi connectivity index (χ0) is 12.1. The highest BCUT2D eigenvalue weighted by atomic mass is 32.2. The SMILES string of the molecule is CNc1ccc(C(=O)NCC2CCCS2)cn1. The van der Waals surface area contributed by atoms with Gasteiger partial charge in [-0.2, -0.15) is 11.8 Å². The molecule has 0 aromatic carbocycles. The van der Waals surface area contributed by atoms with Gasteiger partial charge >= 0.3 is 0 Å². The maximum atomic E-state index is 11.8. The van der Waals surface area contributed by atoms with Crippen molar-refractivity contribution in [1.82, 2.24) is 10.3 Å². The van der Waals surface area contributed by atoms with Crippen molar-refractivity contribution in [2.75, 3.05) is 24.7 Å². The van der Waals surface area contributed by atoms with E-state index in [0.717, 1.165) is 12.4 Å². The van der Waals surface area contributed by atoms with Crippen molar-refractivity contribution in [1.29, 1.82) is 0 Å². The Hall–Kier alpha value is -1.23. The highest BCUT2D eigenvalue weighted by molar-refractivity contribution is 8.00. The predicted octanol–water partition coefficient (Wildman–Crippen LogP) is 1.75. The molecule has 1 atom stereocenters. The van der Waals surface area contributed by atoms with Crippen molar-refractivity contribution in [3.8, 4) is 0 Å². The number of pyridine rings is 1. The lowest BCUT2D eigenvalue weighted by molar-refractivity contribution is 0.0953. The number of nitrogens with one attached hydrogen (secondary N) is 2. The molecule has 1 saturated heterocycles. The molecule has 1 aromatic rings. The van der Waals surface area contributed by atoms with Gasteiger partial charge in [0.1, 0.15) is 5.82 Å².